The highest BCUT2D eigenvalue weighted by atomic mass is 14.9. The van der Waals surface area contributed by atoms with Crippen LogP contribution in [0.4, 0.5) is 0 Å². The summed E-state index contributed by atoms with van der Waals surface area (Å²) in [7, 11) is 0. The fourth-order valence-corrected chi connectivity index (χ4v) is 4.04. The lowest BCUT2D eigenvalue weighted by Gasteiger charge is -2.37. The predicted octanol–water partition coefficient (Wildman–Crippen LogP) is 3.58. The van der Waals surface area contributed by atoms with E-state index in [1.165, 1.54) is 51.4 Å². The minimum Gasteiger partial charge on any atom is -0.287 e. The number of hydrogen-bond donors (Lipinski definition) is 0. The van der Waals surface area contributed by atoms with Gasteiger partial charge in [0.25, 0.3) is 0 Å². The summed E-state index contributed by atoms with van der Waals surface area (Å²) >= 11 is 0. The largest absolute Gasteiger partial charge is 0.287 e. The quantitative estimate of drug-likeness (QED) is 0.555. The maximum absolute atomic E-state index is 5.08. The van der Waals surface area contributed by atoms with Crippen molar-refractivity contribution in [2.75, 3.05) is 0 Å². The summed E-state index contributed by atoms with van der Waals surface area (Å²) in [6.07, 6.45) is 11.3. The van der Waals surface area contributed by atoms with Gasteiger partial charge in [-0.25, -0.2) is 0 Å². The maximum atomic E-state index is 5.08. The molecule has 1 heteroatoms. The topological polar surface area (TPSA) is 12.4 Å². The first-order chi connectivity index (χ1) is 6.80. The summed E-state index contributed by atoms with van der Waals surface area (Å²) in [5.41, 5.74) is 1.97. The van der Waals surface area contributed by atoms with Crippen molar-refractivity contribution < 1.29 is 0 Å². The van der Waals surface area contributed by atoms with Crippen LogP contribution in [0.25, 0.3) is 0 Å². The van der Waals surface area contributed by atoms with Crippen LogP contribution in [0.1, 0.15) is 58.3 Å². The molecule has 1 heterocycles. The molecule has 0 radical (unpaired) electrons. The lowest BCUT2D eigenvalue weighted by atomic mass is 9.67. The summed E-state index contributed by atoms with van der Waals surface area (Å²) in [6.45, 7) is 2.42. The van der Waals surface area contributed by atoms with Crippen molar-refractivity contribution >= 4 is 5.71 Å². The Balaban J connectivity index is 1.91. The Bertz CT molecular complexity index is 268. The van der Waals surface area contributed by atoms with Gasteiger partial charge in [-0.3, -0.25) is 4.99 Å². The second kappa shape index (κ2) is 3.08. The van der Waals surface area contributed by atoms with E-state index in [0.29, 0.717) is 5.54 Å². The Morgan fingerprint density at radius 2 is 2.00 bits per heavy atom. The lowest BCUT2D eigenvalue weighted by Crippen LogP contribution is -2.36. The van der Waals surface area contributed by atoms with E-state index in [1.807, 2.05) is 0 Å². The zero-order valence-electron chi connectivity index (χ0n) is 9.26. The Labute approximate surface area is 87.0 Å². The van der Waals surface area contributed by atoms with Crippen molar-refractivity contribution in [2.24, 2.45) is 16.8 Å². The van der Waals surface area contributed by atoms with Gasteiger partial charge in [0, 0.05) is 11.6 Å². The minimum absolute atomic E-state index is 0.364. The van der Waals surface area contributed by atoms with Crippen LogP contribution in [0.15, 0.2) is 4.99 Å². The van der Waals surface area contributed by atoms with Gasteiger partial charge >= 0.3 is 0 Å². The highest BCUT2D eigenvalue weighted by Crippen LogP contribution is 2.49. The zero-order valence-corrected chi connectivity index (χ0v) is 9.26. The Hall–Kier alpha value is -0.330. The van der Waals surface area contributed by atoms with Crippen LogP contribution in [0, 0.1) is 11.8 Å². The molecule has 0 amide bonds. The molecule has 2 fully saturated rings. The van der Waals surface area contributed by atoms with E-state index < -0.39 is 0 Å². The van der Waals surface area contributed by atoms with E-state index in [1.54, 1.807) is 5.71 Å². The molecule has 2 aliphatic carbocycles. The maximum Gasteiger partial charge on any atom is 0.0613 e. The van der Waals surface area contributed by atoms with Gasteiger partial charge in [0.2, 0.25) is 0 Å². The number of rotatable bonds is 0. The Morgan fingerprint density at radius 1 is 1.14 bits per heavy atom. The molecule has 0 spiro atoms. The summed E-state index contributed by atoms with van der Waals surface area (Å²) in [4.78, 5) is 5.08. The third-order valence-corrected chi connectivity index (χ3v) is 4.76. The molecule has 3 aliphatic rings. The number of nitrogens with zero attached hydrogens (tertiary/aromatic N) is 1. The van der Waals surface area contributed by atoms with Crippen LogP contribution in [-0.2, 0) is 0 Å². The second-order valence-electron chi connectivity index (χ2n) is 5.66. The molecule has 0 saturated heterocycles. The van der Waals surface area contributed by atoms with Gasteiger partial charge in [-0.1, -0.05) is 19.3 Å². The molecule has 3 atom stereocenters. The average Bonchev–Trinajstić information content (AvgIpc) is 2.49. The molecule has 1 aliphatic heterocycles. The molecule has 3 rings (SSSR count). The van der Waals surface area contributed by atoms with Crippen LogP contribution in [0.5, 0.6) is 0 Å². The van der Waals surface area contributed by atoms with Crippen molar-refractivity contribution in [3.8, 4) is 0 Å². The normalized spacial score (nSPS) is 46.8. The van der Waals surface area contributed by atoms with Gasteiger partial charge < -0.3 is 0 Å². The second-order valence-corrected chi connectivity index (χ2v) is 5.66. The summed E-state index contributed by atoms with van der Waals surface area (Å²) in [5, 5.41) is 0. The summed E-state index contributed by atoms with van der Waals surface area (Å²) < 4.78 is 0. The monoisotopic (exact) mass is 191 g/mol. The molecule has 0 aromatic heterocycles. The van der Waals surface area contributed by atoms with Crippen LogP contribution < -0.4 is 0 Å². The summed E-state index contributed by atoms with van der Waals surface area (Å²) in [5.74, 6) is 1.82. The van der Waals surface area contributed by atoms with Crippen molar-refractivity contribution in [2.45, 2.75) is 63.8 Å². The fraction of sp³-hybridized carbons (Fsp3) is 0.923. The predicted molar refractivity (Wildman–Crippen MR) is 59.8 cm³/mol. The third kappa shape index (κ3) is 1.17. The lowest BCUT2D eigenvalue weighted by molar-refractivity contribution is 0.187. The van der Waals surface area contributed by atoms with Crippen LogP contribution in [-0.4, -0.2) is 11.3 Å². The van der Waals surface area contributed by atoms with E-state index in [0.717, 1.165) is 11.8 Å². The van der Waals surface area contributed by atoms with E-state index in [9.17, 15) is 0 Å². The molecular weight excluding hydrogens is 170 g/mol. The highest BCUT2D eigenvalue weighted by Gasteiger charge is 2.47. The minimum atomic E-state index is 0.364. The molecule has 0 unspecified atom stereocenters. The molecule has 0 aromatic carbocycles. The SMILES string of the molecule is C[C@@]12CCCC[C@@H]1[C@H]1CCCCC1=N2. The fourth-order valence-electron chi connectivity index (χ4n) is 4.04. The third-order valence-electron chi connectivity index (χ3n) is 4.76. The smallest absolute Gasteiger partial charge is 0.0613 e. The van der Waals surface area contributed by atoms with E-state index in [-0.39, 0.29) is 0 Å². The number of aliphatic imine (C=N–C) groups is 1. The van der Waals surface area contributed by atoms with Gasteiger partial charge in [-0.2, -0.15) is 0 Å². The van der Waals surface area contributed by atoms with Crippen molar-refractivity contribution in [1.29, 1.82) is 0 Å². The van der Waals surface area contributed by atoms with Gasteiger partial charge in [0.05, 0.1) is 5.54 Å². The Morgan fingerprint density at radius 3 is 2.93 bits per heavy atom. The Kier molecular flexibility index (Phi) is 1.97. The van der Waals surface area contributed by atoms with Crippen molar-refractivity contribution in [3.63, 3.8) is 0 Å². The number of fused-ring (bicyclic) bond motifs is 3. The van der Waals surface area contributed by atoms with Gasteiger partial charge in [-0.05, 0) is 44.9 Å². The highest BCUT2D eigenvalue weighted by molar-refractivity contribution is 5.90. The molecule has 78 valence electrons. The molecule has 14 heavy (non-hydrogen) atoms. The number of hydrogen-bond acceptors (Lipinski definition) is 1. The van der Waals surface area contributed by atoms with Crippen LogP contribution in [0.2, 0.25) is 0 Å². The van der Waals surface area contributed by atoms with E-state index in [2.05, 4.69) is 6.92 Å². The van der Waals surface area contributed by atoms with Gasteiger partial charge in [0.1, 0.15) is 0 Å². The molecule has 1 nitrogen and oxygen atoms in total. The molecule has 0 N–H and O–H groups in total. The van der Waals surface area contributed by atoms with E-state index >= 15 is 0 Å². The van der Waals surface area contributed by atoms with Gasteiger partial charge in [0.15, 0.2) is 0 Å². The van der Waals surface area contributed by atoms with Crippen LogP contribution in [0.3, 0.4) is 0 Å². The zero-order chi connectivity index (χ0) is 9.60. The van der Waals surface area contributed by atoms with E-state index in [4.69, 9.17) is 4.99 Å². The summed E-state index contributed by atoms with van der Waals surface area (Å²) in [6, 6.07) is 0. The molecule has 0 bridgehead atoms. The molecule has 2 saturated carbocycles. The standard InChI is InChI=1S/C13H21N/c1-13-9-5-4-7-11(13)10-6-2-3-8-12(10)14-13/h10-11H,2-9H2,1H3/t10-,11-,13-/m1/s1. The molecule has 0 aromatic rings. The first-order valence-electron chi connectivity index (χ1n) is 6.38. The van der Waals surface area contributed by atoms with Gasteiger partial charge in [-0.15, -0.1) is 0 Å². The van der Waals surface area contributed by atoms with Crippen LogP contribution >= 0.6 is 0 Å². The molecular formula is C13H21N. The van der Waals surface area contributed by atoms with Crippen molar-refractivity contribution in [3.05, 3.63) is 0 Å². The first kappa shape index (κ1) is 8.94. The average molecular weight is 191 g/mol. The first-order valence-corrected chi connectivity index (χ1v) is 6.38. The van der Waals surface area contributed by atoms with Crippen molar-refractivity contribution in [1.82, 2.24) is 0 Å².